The van der Waals surface area contributed by atoms with E-state index in [9.17, 15) is 48.3 Å². The molecular formula is C11H14N5O13P3-4. The van der Waals surface area contributed by atoms with Gasteiger partial charge in [0.1, 0.15) is 25.9 Å². The number of rotatable bonds is 8. The Morgan fingerprint density at radius 3 is 2.50 bits per heavy atom. The zero-order valence-electron chi connectivity index (χ0n) is 15.4. The van der Waals surface area contributed by atoms with Gasteiger partial charge in [0.25, 0.3) is 13.4 Å². The molecule has 180 valence electrons. The number of H-pyrrole nitrogens is 1. The van der Waals surface area contributed by atoms with Crippen LogP contribution in [-0.4, -0.2) is 60.6 Å². The fourth-order valence-electron chi connectivity index (χ4n) is 2.80. The molecule has 0 aliphatic carbocycles. The van der Waals surface area contributed by atoms with E-state index < -0.39 is 65.6 Å². The van der Waals surface area contributed by atoms with E-state index in [-0.39, 0.29) is 17.1 Å². The predicted molar refractivity (Wildman–Crippen MR) is 93.2 cm³/mol. The molecule has 0 saturated carbocycles. The first-order valence-electron chi connectivity index (χ1n) is 8.30. The standard InChI is InChI=1S/C11H18N5O13P3/c12-11-14-8-5(9(19)15-11)13-2-16(8)10-7(18)6(17)4(28-10)1-27-32(25,26)29-31(23,24)3-30(20,21)22/h2,4,6-7,10,17-18H,1,3H2,(H,23,24)(H,25,26)(H2,20,21,22)(H3,12,14,15,19)/p-4/t4-,6-,7-,10-/m1/s1. The number of hydrogen-bond acceptors (Lipinski definition) is 16. The molecule has 0 radical (unpaired) electrons. The molecule has 1 aliphatic rings. The van der Waals surface area contributed by atoms with Crippen molar-refractivity contribution in [1.29, 1.82) is 0 Å². The van der Waals surface area contributed by atoms with E-state index in [1.807, 2.05) is 0 Å². The van der Waals surface area contributed by atoms with Crippen LogP contribution >= 0.6 is 23.0 Å². The first-order chi connectivity index (χ1) is 14.6. The third-order valence-corrected chi connectivity index (χ3v) is 9.06. The number of anilines is 1. The number of ether oxygens (including phenoxy) is 1. The molecule has 1 saturated heterocycles. The minimum absolute atomic E-state index is 0.131. The van der Waals surface area contributed by atoms with Crippen molar-refractivity contribution in [3.8, 4) is 0 Å². The molecule has 0 amide bonds. The third kappa shape index (κ3) is 5.69. The minimum Gasteiger partial charge on any atom is -0.810 e. The molecule has 3 heterocycles. The van der Waals surface area contributed by atoms with Crippen LogP contribution in [0.5, 0.6) is 0 Å². The van der Waals surface area contributed by atoms with Gasteiger partial charge in [0.05, 0.1) is 12.9 Å². The molecule has 18 nitrogen and oxygen atoms in total. The van der Waals surface area contributed by atoms with E-state index in [0.717, 1.165) is 10.9 Å². The summed E-state index contributed by atoms with van der Waals surface area (Å²) in [4.78, 5) is 65.8. The van der Waals surface area contributed by atoms with Gasteiger partial charge in [0, 0.05) is 5.90 Å². The van der Waals surface area contributed by atoms with Crippen molar-refractivity contribution in [3.05, 3.63) is 16.7 Å². The Labute approximate surface area is 176 Å². The molecule has 2 unspecified atom stereocenters. The summed E-state index contributed by atoms with van der Waals surface area (Å²) in [6.45, 7) is -1.08. The van der Waals surface area contributed by atoms with Gasteiger partial charge in [-0.2, -0.15) is 4.98 Å². The average molecular weight is 517 g/mol. The maximum absolute atomic E-state index is 11.8. The van der Waals surface area contributed by atoms with E-state index in [1.54, 1.807) is 0 Å². The number of aliphatic hydroxyl groups is 2. The number of aromatic amines is 1. The van der Waals surface area contributed by atoms with Crippen molar-refractivity contribution < 1.29 is 57.1 Å². The largest absolute Gasteiger partial charge is 0.810 e. The van der Waals surface area contributed by atoms with Gasteiger partial charge in [-0.25, -0.2) is 4.98 Å². The van der Waals surface area contributed by atoms with E-state index in [4.69, 9.17) is 10.5 Å². The Morgan fingerprint density at radius 1 is 1.22 bits per heavy atom. The molecule has 21 heteroatoms. The number of nitrogen functional groups attached to an aromatic ring is 1. The van der Waals surface area contributed by atoms with E-state index in [0.29, 0.717) is 0 Å². The SMILES string of the molecule is Nc1nc2c(ncn2[C@@H]2O[C@H](COP(=O)([O-])OP(=O)([O-])CP(=O)([O-])[O-])[C@@H](O)[C@H]2O)c(=O)[nH]1. The van der Waals surface area contributed by atoms with Gasteiger partial charge in [-0.05, 0) is 0 Å². The molecule has 0 spiro atoms. The zero-order valence-corrected chi connectivity index (χ0v) is 18.1. The Hall–Kier alpha value is -1.52. The lowest BCUT2D eigenvalue weighted by atomic mass is 10.1. The molecule has 0 bridgehead atoms. The van der Waals surface area contributed by atoms with Crippen LogP contribution < -0.4 is 30.9 Å². The molecule has 1 fully saturated rings. The van der Waals surface area contributed by atoms with Crippen LogP contribution in [0.2, 0.25) is 0 Å². The van der Waals surface area contributed by atoms with Crippen molar-refractivity contribution in [2.45, 2.75) is 24.5 Å². The Balaban J connectivity index is 1.72. The summed E-state index contributed by atoms with van der Waals surface area (Å²) >= 11 is 0. The molecule has 6 atom stereocenters. The van der Waals surface area contributed by atoms with Crippen molar-refractivity contribution in [1.82, 2.24) is 19.5 Å². The van der Waals surface area contributed by atoms with E-state index in [2.05, 4.69) is 23.8 Å². The number of fused-ring (bicyclic) bond motifs is 1. The van der Waals surface area contributed by atoms with Crippen LogP contribution in [0.3, 0.4) is 0 Å². The van der Waals surface area contributed by atoms with Gasteiger partial charge in [0.15, 0.2) is 17.4 Å². The predicted octanol–water partition coefficient (Wildman–Crippen LogP) is -4.75. The van der Waals surface area contributed by atoms with Crippen LogP contribution in [0.1, 0.15) is 6.23 Å². The molecule has 32 heavy (non-hydrogen) atoms. The van der Waals surface area contributed by atoms with Gasteiger partial charge in [-0.3, -0.25) is 23.2 Å². The van der Waals surface area contributed by atoms with Crippen LogP contribution in [0.15, 0.2) is 11.1 Å². The quantitative estimate of drug-likeness (QED) is 0.239. The number of nitrogens with one attached hydrogen (secondary N) is 1. The third-order valence-electron chi connectivity index (χ3n) is 4.03. The maximum Gasteiger partial charge on any atom is 0.280 e. The molecule has 2 aromatic rings. The van der Waals surface area contributed by atoms with E-state index in [1.165, 1.54) is 0 Å². The lowest BCUT2D eigenvalue weighted by molar-refractivity contribution is -0.312. The summed E-state index contributed by atoms with van der Waals surface area (Å²) in [6.07, 6.45) is -5.47. The normalized spacial score (nSPS) is 27.9. The van der Waals surface area contributed by atoms with Gasteiger partial charge in [0.2, 0.25) is 5.95 Å². The molecule has 2 aromatic heterocycles. The van der Waals surface area contributed by atoms with Gasteiger partial charge < -0.3 is 53.9 Å². The summed E-state index contributed by atoms with van der Waals surface area (Å²) in [5.41, 5.74) is 4.45. The summed E-state index contributed by atoms with van der Waals surface area (Å²) in [5.74, 6) is -2.40. The second-order valence-electron chi connectivity index (χ2n) is 6.51. The molecule has 1 aliphatic heterocycles. The number of phosphoric ester groups is 1. The maximum atomic E-state index is 11.8. The van der Waals surface area contributed by atoms with Crippen LogP contribution in [-0.2, 0) is 27.3 Å². The average Bonchev–Trinajstić information content (AvgIpc) is 3.12. The number of aliphatic hydroxyl groups excluding tert-OH is 2. The summed E-state index contributed by atoms with van der Waals surface area (Å²) in [7, 11) is -17.0. The highest BCUT2D eigenvalue weighted by molar-refractivity contribution is 7.71. The van der Waals surface area contributed by atoms with Gasteiger partial charge >= 0.3 is 0 Å². The number of phosphoric acid groups is 1. The van der Waals surface area contributed by atoms with Gasteiger partial charge in [-0.15, -0.1) is 0 Å². The molecule has 3 rings (SSSR count). The number of aromatic nitrogens is 4. The lowest BCUT2D eigenvalue weighted by Crippen LogP contribution is -2.34. The number of hydrogen-bond donors (Lipinski definition) is 4. The fourth-order valence-corrected chi connectivity index (χ4v) is 6.91. The number of nitrogens with two attached hydrogens (primary N) is 1. The van der Waals surface area contributed by atoms with Crippen molar-refractivity contribution in [2.75, 3.05) is 18.2 Å². The topological polar surface area (TPSA) is 301 Å². The highest BCUT2D eigenvalue weighted by Crippen LogP contribution is 2.59. The van der Waals surface area contributed by atoms with E-state index >= 15 is 0 Å². The number of imidazole rings is 1. The number of nitrogens with zero attached hydrogens (tertiary/aromatic N) is 3. The molecular weight excluding hydrogens is 503 g/mol. The van der Waals surface area contributed by atoms with Crippen molar-refractivity contribution in [3.63, 3.8) is 0 Å². The summed E-state index contributed by atoms with van der Waals surface area (Å²) in [6, 6.07) is 0. The zero-order chi connectivity index (χ0) is 24.1. The molecule has 5 N–H and O–H groups in total. The Morgan fingerprint density at radius 2 is 1.88 bits per heavy atom. The highest BCUT2D eigenvalue weighted by atomic mass is 31.3. The summed E-state index contributed by atoms with van der Waals surface area (Å²) in [5, 5.41) is 20.4. The van der Waals surface area contributed by atoms with Gasteiger partial charge in [-0.1, -0.05) is 7.60 Å². The highest BCUT2D eigenvalue weighted by Gasteiger charge is 2.45. The first-order valence-corrected chi connectivity index (χ1v) is 13.2. The first kappa shape index (κ1) is 25.1. The van der Waals surface area contributed by atoms with Crippen molar-refractivity contribution in [2.24, 2.45) is 0 Å². The fraction of sp³-hybridized carbons (Fsp3) is 0.545. The second-order valence-corrected chi connectivity index (χ2v) is 11.9. The Bertz CT molecular complexity index is 1210. The second kappa shape index (κ2) is 8.68. The lowest BCUT2D eigenvalue weighted by Gasteiger charge is -2.38. The van der Waals surface area contributed by atoms with Crippen LogP contribution in [0, 0.1) is 0 Å². The van der Waals surface area contributed by atoms with Crippen molar-refractivity contribution >= 4 is 40.1 Å². The van der Waals surface area contributed by atoms with Crippen LogP contribution in [0.25, 0.3) is 11.2 Å². The molecule has 0 aromatic carbocycles. The minimum atomic E-state index is -5.72. The Kier molecular flexibility index (Phi) is 6.81. The summed E-state index contributed by atoms with van der Waals surface area (Å²) < 4.78 is 47.8. The monoisotopic (exact) mass is 517 g/mol. The van der Waals surface area contributed by atoms with Crippen LogP contribution in [0.4, 0.5) is 5.95 Å². The smallest absolute Gasteiger partial charge is 0.280 e.